The molecule has 4 rings (SSSR count). The minimum Gasteiger partial charge on any atom is -0.476 e. The van der Waals surface area contributed by atoms with E-state index in [1.807, 2.05) is 56.6 Å². The lowest BCUT2D eigenvalue weighted by Gasteiger charge is -2.10. The molecule has 0 amide bonds. The van der Waals surface area contributed by atoms with E-state index < -0.39 is 0 Å². The summed E-state index contributed by atoms with van der Waals surface area (Å²) in [6.07, 6.45) is 7.21. The van der Waals surface area contributed by atoms with E-state index in [-0.39, 0.29) is 12.2 Å². The molecule has 4 aromatic rings. The number of nitrogens with zero attached hydrogens (tertiary/aromatic N) is 6. The van der Waals surface area contributed by atoms with Gasteiger partial charge in [-0.25, -0.2) is 15.0 Å². The normalized spacial score (nSPS) is 11.2. The van der Waals surface area contributed by atoms with Crippen molar-refractivity contribution in [3.63, 3.8) is 0 Å². The number of hydrogen-bond acceptors (Lipinski definition) is 7. The standard InChI is InChI=1S/C23H24N6O2/c1-28(2)8-9-31-23-11-17(6-7-24-23)21(30)12-22-25-13-18-5-4-16(10-20(18)27-22)19-14-26-29(3)15-19/h4-7,10-11,13-15H,8-9,12H2,1-3H3. The number of benzene rings is 1. The molecule has 0 aliphatic carbocycles. The van der Waals surface area contributed by atoms with Crippen molar-refractivity contribution in [3.8, 4) is 17.0 Å². The lowest BCUT2D eigenvalue weighted by atomic mass is 10.1. The fourth-order valence-electron chi connectivity index (χ4n) is 3.14. The van der Waals surface area contributed by atoms with Crippen molar-refractivity contribution in [2.45, 2.75) is 6.42 Å². The second kappa shape index (κ2) is 9.01. The van der Waals surface area contributed by atoms with Gasteiger partial charge in [-0.15, -0.1) is 0 Å². The van der Waals surface area contributed by atoms with Crippen LogP contribution in [0.25, 0.3) is 22.0 Å². The van der Waals surface area contributed by atoms with Crippen LogP contribution < -0.4 is 4.74 Å². The average molecular weight is 416 g/mol. The smallest absolute Gasteiger partial charge is 0.213 e. The number of hydrogen-bond donors (Lipinski definition) is 0. The van der Waals surface area contributed by atoms with E-state index in [2.05, 4.69) is 20.1 Å². The Labute approximate surface area is 180 Å². The molecule has 0 saturated heterocycles. The Balaban J connectivity index is 1.50. The van der Waals surface area contributed by atoms with Gasteiger partial charge in [0.15, 0.2) is 5.78 Å². The fourth-order valence-corrected chi connectivity index (χ4v) is 3.14. The molecule has 0 aliphatic heterocycles. The summed E-state index contributed by atoms with van der Waals surface area (Å²) in [5.74, 6) is 0.837. The minimum absolute atomic E-state index is 0.0809. The predicted octanol–water partition coefficient (Wildman–Crippen LogP) is 2.79. The van der Waals surface area contributed by atoms with Gasteiger partial charge in [0.1, 0.15) is 12.4 Å². The van der Waals surface area contributed by atoms with Gasteiger partial charge in [-0.3, -0.25) is 9.48 Å². The molecular formula is C23H24N6O2. The highest BCUT2D eigenvalue weighted by molar-refractivity contribution is 5.97. The number of Topliss-reactive ketones (excluding diaryl/α,β-unsaturated/α-hetero) is 1. The SMILES string of the molecule is CN(C)CCOc1cc(C(=O)Cc2ncc3ccc(-c4cnn(C)c4)cc3n2)ccn1. The Hall–Kier alpha value is -3.65. The van der Waals surface area contributed by atoms with Crippen molar-refractivity contribution >= 4 is 16.7 Å². The van der Waals surface area contributed by atoms with Crippen molar-refractivity contribution < 1.29 is 9.53 Å². The molecule has 31 heavy (non-hydrogen) atoms. The van der Waals surface area contributed by atoms with Gasteiger partial charge in [0.2, 0.25) is 5.88 Å². The van der Waals surface area contributed by atoms with Gasteiger partial charge < -0.3 is 9.64 Å². The topological polar surface area (TPSA) is 86.0 Å². The number of ketones is 1. The maximum Gasteiger partial charge on any atom is 0.213 e. The molecule has 8 nitrogen and oxygen atoms in total. The van der Waals surface area contributed by atoms with Gasteiger partial charge in [-0.05, 0) is 31.8 Å². The van der Waals surface area contributed by atoms with Gasteiger partial charge in [0.25, 0.3) is 0 Å². The van der Waals surface area contributed by atoms with Crippen LogP contribution in [-0.4, -0.2) is 62.7 Å². The maximum atomic E-state index is 12.8. The van der Waals surface area contributed by atoms with Crippen LogP contribution in [-0.2, 0) is 13.5 Å². The maximum absolute atomic E-state index is 12.8. The summed E-state index contributed by atoms with van der Waals surface area (Å²) in [4.78, 5) is 28.0. The molecule has 3 heterocycles. The number of fused-ring (bicyclic) bond motifs is 1. The van der Waals surface area contributed by atoms with Gasteiger partial charge in [-0.2, -0.15) is 5.10 Å². The highest BCUT2D eigenvalue weighted by Crippen LogP contribution is 2.23. The van der Waals surface area contributed by atoms with Gasteiger partial charge >= 0.3 is 0 Å². The zero-order chi connectivity index (χ0) is 21.8. The van der Waals surface area contributed by atoms with Crippen LogP contribution in [0.5, 0.6) is 5.88 Å². The summed E-state index contributed by atoms with van der Waals surface area (Å²) < 4.78 is 7.39. The number of pyridine rings is 1. The molecule has 0 aliphatic rings. The van der Waals surface area contributed by atoms with Crippen LogP contribution in [0, 0.1) is 0 Å². The van der Waals surface area contributed by atoms with Crippen molar-refractivity contribution in [1.29, 1.82) is 0 Å². The molecule has 0 unspecified atom stereocenters. The Morgan fingerprint density at radius 3 is 2.74 bits per heavy atom. The van der Waals surface area contributed by atoms with E-state index in [0.717, 1.165) is 28.6 Å². The lowest BCUT2D eigenvalue weighted by molar-refractivity contribution is 0.0990. The number of aryl methyl sites for hydroxylation is 1. The zero-order valence-corrected chi connectivity index (χ0v) is 17.8. The first-order chi connectivity index (χ1) is 15.0. The summed E-state index contributed by atoms with van der Waals surface area (Å²) in [6, 6.07) is 9.33. The number of carbonyl (C=O) groups excluding carboxylic acids is 1. The molecule has 0 saturated carbocycles. The average Bonchev–Trinajstić information content (AvgIpc) is 3.19. The first-order valence-electron chi connectivity index (χ1n) is 9.99. The molecule has 0 bridgehead atoms. The van der Waals surface area contributed by atoms with Crippen LogP contribution >= 0.6 is 0 Å². The first kappa shape index (κ1) is 20.6. The van der Waals surface area contributed by atoms with E-state index in [1.54, 1.807) is 29.2 Å². The molecule has 0 radical (unpaired) electrons. The number of carbonyl (C=O) groups is 1. The van der Waals surface area contributed by atoms with E-state index >= 15 is 0 Å². The molecule has 8 heteroatoms. The summed E-state index contributed by atoms with van der Waals surface area (Å²) in [5.41, 5.74) is 3.36. The van der Waals surface area contributed by atoms with Crippen molar-refractivity contribution in [1.82, 2.24) is 29.6 Å². The number of rotatable bonds is 8. The molecule has 3 aromatic heterocycles. The van der Waals surface area contributed by atoms with E-state index in [1.165, 1.54) is 0 Å². The first-order valence-corrected chi connectivity index (χ1v) is 9.99. The predicted molar refractivity (Wildman–Crippen MR) is 118 cm³/mol. The second-order valence-corrected chi connectivity index (χ2v) is 7.60. The van der Waals surface area contributed by atoms with E-state index in [9.17, 15) is 4.79 Å². The molecule has 0 N–H and O–H groups in total. The Morgan fingerprint density at radius 1 is 1.10 bits per heavy atom. The third-order valence-corrected chi connectivity index (χ3v) is 4.83. The highest BCUT2D eigenvalue weighted by Gasteiger charge is 2.12. The molecule has 158 valence electrons. The summed E-state index contributed by atoms with van der Waals surface area (Å²) in [6.45, 7) is 1.27. The minimum atomic E-state index is -0.0809. The summed E-state index contributed by atoms with van der Waals surface area (Å²) in [7, 11) is 5.83. The van der Waals surface area contributed by atoms with Crippen LogP contribution in [0.4, 0.5) is 0 Å². The van der Waals surface area contributed by atoms with Crippen molar-refractivity contribution in [3.05, 3.63) is 66.5 Å². The summed E-state index contributed by atoms with van der Waals surface area (Å²) >= 11 is 0. The Morgan fingerprint density at radius 2 is 1.97 bits per heavy atom. The highest BCUT2D eigenvalue weighted by atomic mass is 16.5. The van der Waals surface area contributed by atoms with Crippen molar-refractivity contribution in [2.24, 2.45) is 7.05 Å². The monoisotopic (exact) mass is 416 g/mol. The van der Waals surface area contributed by atoms with Crippen LogP contribution in [0.15, 0.2) is 55.1 Å². The van der Waals surface area contributed by atoms with Gasteiger partial charge in [-0.1, -0.05) is 12.1 Å². The van der Waals surface area contributed by atoms with Crippen LogP contribution in [0.1, 0.15) is 16.2 Å². The van der Waals surface area contributed by atoms with Gasteiger partial charge in [0, 0.05) is 54.8 Å². The molecule has 0 fully saturated rings. The zero-order valence-electron chi connectivity index (χ0n) is 17.8. The van der Waals surface area contributed by atoms with Crippen molar-refractivity contribution in [2.75, 3.05) is 27.2 Å². The van der Waals surface area contributed by atoms with E-state index in [0.29, 0.717) is 23.9 Å². The second-order valence-electron chi connectivity index (χ2n) is 7.60. The number of likely N-dealkylation sites (N-methyl/N-ethyl adjacent to an activating group) is 1. The Bertz CT molecular complexity index is 1220. The number of ether oxygens (including phenoxy) is 1. The third kappa shape index (κ3) is 5.10. The quantitative estimate of drug-likeness (QED) is 0.408. The fraction of sp³-hybridized carbons (Fsp3) is 0.261. The molecule has 0 atom stereocenters. The van der Waals surface area contributed by atoms with Crippen LogP contribution in [0.3, 0.4) is 0 Å². The Kier molecular flexibility index (Phi) is 5.99. The largest absolute Gasteiger partial charge is 0.476 e. The molecule has 0 spiro atoms. The molecule has 1 aromatic carbocycles. The summed E-state index contributed by atoms with van der Waals surface area (Å²) in [5, 5.41) is 5.14. The third-order valence-electron chi connectivity index (χ3n) is 4.83. The molecular weight excluding hydrogens is 392 g/mol. The van der Waals surface area contributed by atoms with Crippen LogP contribution in [0.2, 0.25) is 0 Å². The van der Waals surface area contributed by atoms with E-state index in [4.69, 9.17) is 4.74 Å². The lowest BCUT2D eigenvalue weighted by Crippen LogP contribution is -2.19. The number of aromatic nitrogens is 5. The van der Waals surface area contributed by atoms with Gasteiger partial charge in [0.05, 0.1) is 18.1 Å².